The number of anilines is 2. The van der Waals surface area contributed by atoms with Crippen LogP contribution in [0.3, 0.4) is 0 Å². The Bertz CT molecular complexity index is 352. The number of hydrogen-bond donors (Lipinski definition) is 1. The fraction of sp³-hybridized carbons (Fsp3) is 0.444. The number of nitrogens with zero attached hydrogens (tertiary/aromatic N) is 4. The van der Waals surface area contributed by atoms with Gasteiger partial charge in [-0.15, -0.1) is 0 Å². The molecule has 0 aliphatic rings. The first-order valence-electron chi connectivity index (χ1n) is 4.49. The number of carbonyl (C=O) groups is 1. The molecule has 1 aromatic heterocycles. The molecule has 1 amide bonds. The van der Waals surface area contributed by atoms with E-state index in [9.17, 15) is 4.79 Å². The molecule has 0 aliphatic carbocycles. The zero-order chi connectivity index (χ0) is 11.4. The molecule has 0 bridgehead atoms. The fourth-order valence-corrected chi connectivity index (χ4v) is 1.07. The van der Waals surface area contributed by atoms with Gasteiger partial charge in [-0.05, 0) is 0 Å². The van der Waals surface area contributed by atoms with E-state index in [1.807, 2.05) is 0 Å². The molecule has 82 valence electrons. The average molecular weight is 209 g/mol. The molecule has 6 heteroatoms. The molecule has 1 rings (SSSR count). The Hall–Kier alpha value is -1.85. The van der Waals surface area contributed by atoms with Gasteiger partial charge < -0.3 is 15.5 Å². The van der Waals surface area contributed by atoms with Crippen molar-refractivity contribution in [2.45, 2.75) is 0 Å². The van der Waals surface area contributed by atoms with Crippen LogP contribution in [0.15, 0.2) is 12.5 Å². The Kier molecular flexibility index (Phi) is 3.43. The fourth-order valence-electron chi connectivity index (χ4n) is 1.07. The maximum atomic E-state index is 11.4. The molecule has 0 aliphatic heterocycles. The van der Waals surface area contributed by atoms with E-state index >= 15 is 0 Å². The summed E-state index contributed by atoms with van der Waals surface area (Å²) in [4.78, 5) is 22.4. The van der Waals surface area contributed by atoms with E-state index in [4.69, 9.17) is 5.73 Å². The predicted octanol–water partition coefficient (Wildman–Crippen LogP) is -0.417. The second-order valence-corrected chi connectivity index (χ2v) is 3.45. The summed E-state index contributed by atoms with van der Waals surface area (Å²) < 4.78 is 0. The zero-order valence-electron chi connectivity index (χ0n) is 9.14. The predicted molar refractivity (Wildman–Crippen MR) is 58.4 cm³/mol. The van der Waals surface area contributed by atoms with Crippen LogP contribution in [0.5, 0.6) is 0 Å². The standard InChI is InChI=1S/C9H15N5O/c1-13(2)8(15)5-14(3)9-7(10)4-11-6-12-9/h4,6H,5,10H2,1-3H3. The van der Waals surface area contributed by atoms with Gasteiger partial charge in [-0.25, -0.2) is 9.97 Å². The quantitative estimate of drug-likeness (QED) is 0.732. The normalized spacial score (nSPS) is 9.80. The molecule has 1 aromatic rings. The maximum absolute atomic E-state index is 11.4. The van der Waals surface area contributed by atoms with E-state index in [1.54, 1.807) is 26.0 Å². The highest BCUT2D eigenvalue weighted by Gasteiger charge is 2.12. The third-order valence-corrected chi connectivity index (χ3v) is 1.95. The number of carbonyl (C=O) groups excluding carboxylic acids is 1. The molecule has 1 heterocycles. The minimum Gasteiger partial charge on any atom is -0.394 e. The van der Waals surface area contributed by atoms with Crippen molar-refractivity contribution in [2.75, 3.05) is 38.3 Å². The van der Waals surface area contributed by atoms with Gasteiger partial charge in [0.2, 0.25) is 5.91 Å². The van der Waals surface area contributed by atoms with Crippen LogP contribution in [0.25, 0.3) is 0 Å². The van der Waals surface area contributed by atoms with Gasteiger partial charge >= 0.3 is 0 Å². The molecule has 0 saturated heterocycles. The van der Waals surface area contributed by atoms with Crippen LogP contribution in [0.4, 0.5) is 11.5 Å². The summed E-state index contributed by atoms with van der Waals surface area (Å²) in [5.74, 6) is 0.565. The minimum absolute atomic E-state index is 0.00416. The monoisotopic (exact) mass is 209 g/mol. The largest absolute Gasteiger partial charge is 0.394 e. The summed E-state index contributed by atoms with van der Waals surface area (Å²) in [5.41, 5.74) is 6.15. The second kappa shape index (κ2) is 4.59. The topological polar surface area (TPSA) is 75.4 Å². The van der Waals surface area contributed by atoms with E-state index in [1.165, 1.54) is 17.4 Å². The number of aromatic nitrogens is 2. The van der Waals surface area contributed by atoms with Gasteiger partial charge in [-0.1, -0.05) is 0 Å². The summed E-state index contributed by atoms with van der Waals surface area (Å²) in [7, 11) is 5.18. The van der Waals surface area contributed by atoms with Gasteiger partial charge in [0.1, 0.15) is 6.33 Å². The van der Waals surface area contributed by atoms with Gasteiger partial charge in [0.05, 0.1) is 18.4 Å². The summed E-state index contributed by atoms with van der Waals surface area (Å²) in [6, 6.07) is 0. The zero-order valence-corrected chi connectivity index (χ0v) is 9.14. The van der Waals surface area contributed by atoms with Crippen molar-refractivity contribution in [1.82, 2.24) is 14.9 Å². The molecule has 0 atom stereocenters. The number of hydrogen-bond acceptors (Lipinski definition) is 5. The molecular weight excluding hydrogens is 194 g/mol. The molecule has 0 unspecified atom stereocenters. The van der Waals surface area contributed by atoms with Gasteiger partial charge in [-0.3, -0.25) is 4.79 Å². The van der Waals surface area contributed by atoms with Crippen molar-refractivity contribution in [1.29, 1.82) is 0 Å². The van der Waals surface area contributed by atoms with Crippen molar-refractivity contribution in [3.8, 4) is 0 Å². The number of likely N-dealkylation sites (N-methyl/N-ethyl adjacent to an activating group) is 2. The van der Waals surface area contributed by atoms with Crippen LogP contribution in [0.2, 0.25) is 0 Å². The summed E-state index contributed by atoms with van der Waals surface area (Å²) in [5, 5.41) is 0. The molecule has 6 nitrogen and oxygen atoms in total. The first-order valence-corrected chi connectivity index (χ1v) is 4.49. The lowest BCUT2D eigenvalue weighted by molar-refractivity contribution is -0.127. The van der Waals surface area contributed by atoms with Crippen LogP contribution in [-0.2, 0) is 4.79 Å². The first kappa shape index (κ1) is 11.2. The molecule has 0 radical (unpaired) electrons. The lowest BCUT2D eigenvalue weighted by atomic mass is 10.4. The molecule has 0 spiro atoms. The van der Waals surface area contributed by atoms with E-state index in [0.29, 0.717) is 11.5 Å². The van der Waals surface area contributed by atoms with Gasteiger partial charge in [0.25, 0.3) is 0 Å². The lowest BCUT2D eigenvalue weighted by Gasteiger charge is -2.20. The Balaban J connectivity index is 2.73. The first-order chi connectivity index (χ1) is 7.02. The molecule has 0 aromatic carbocycles. The van der Waals surface area contributed by atoms with Crippen molar-refractivity contribution >= 4 is 17.4 Å². The van der Waals surface area contributed by atoms with Gasteiger partial charge in [-0.2, -0.15) is 0 Å². The Morgan fingerprint density at radius 3 is 2.67 bits per heavy atom. The molecule has 0 fully saturated rings. The van der Waals surface area contributed by atoms with Crippen molar-refractivity contribution in [3.05, 3.63) is 12.5 Å². The SMILES string of the molecule is CN(C)C(=O)CN(C)c1ncncc1N. The maximum Gasteiger partial charge on any atom is 0.241 e. The van der Waals surface area contributed by atoms with Crippen molar-refractivity contribution in [3.63, 3.8) is 0 Å². The van der Waals surface area contributed by atoms with E-state index in [0.717, 1.165) is 0 Å². The Labute approximate surface area is 88.7 Å². The van der Waals surface area contributed by atoms with E-state index < -0.39 is 0 Å². The minimum atomic E-state index is -0.00416. The van der Waals surface area contributed by atoms with Crippen LogP contribution in [-0.4, -0.2) is 48.5 Å². The summed E-state index contributed by atoms with van der Waals surface area (Å²) >= 11 is 0. The molecule has 15 heavy (non-hydrogen) atoms. The Morgan fingerprint density at radius 1 is 1.47 bits per heavy atom. The third kappa shape index (κ3) is 2.80. The highest BCUT2D eigenvalue weighted by molar-refractivity contribution is 5.81. The average Bonchev–Trinajstić information content (AvgIpc) is 2.18. The smallest absolute Gasteiger partial charge is 0.241 e. The molecular formula is C9H15N5O. The van der Waals surface area contributed by atoms with E-state index in [-0.39, 0.29) is 12.5 Å². The van der Waals surface area contributed by atoms with Crippen molar-refractivity contribution < 1.29 is 4.79 Å². The highest BCUT2D eigenvalue weighted by atomic mass is 16.2. The third-order valence-electron chi connectivity index (χ3n) is 1.95. The number of nitrogen functional groups attached to an aromatic ring is 1. The number of rotatable bonds is 3. The number of nitrogens with two attached hydrogens (primary N) is 1. The van der Waals surface area contributed by atoms with Gasteiger partial charge in [0, 0.05) is 21.1 Å². The summed E-state index contributed by atoms with van der Waals surface area (Å²) in [6.45, 7) is 0.244. The van der Waals surface area contributed by atoms with E-state index in [2.05, 4.69) is 9.97 Å². The molecule has 0 saturated carbocycles. The molecule has 2 N–H and O–H groups in total. The highest BCUT2D eigenvalue weighted by Crippen LogP contribution is 2.15. The lowest BCUT2D eigenvalue weighted by Crippen LogP contribution is -2.35. The van der Waals surface area contributed by atoms with Crippen LogP contribution >= 0.6 is 0 Å². The van der Waals surface area contributed by atoms with Crippen LogP contribution < -0.4 is 10.6 Å². The van der Waals surface area contributed by atoms with Crippen LogP contribution in [0, 0.1) is 0 Å². The van der Waals surface area contributed by atoms with Crippen LogP contribution in [0.1, 0.15) is 0 Å². The number of amides is 1. The second-order valence-electron chi connectivity index (χ2n) is 3.45. The Morgan fingerprint density at radius 2 is 2.13 bits per heavy atom. The summed E-state index contributed by atoms with van der Waals surface area (Å²) in [6.07, 6.45) is 2.92. The van der Waals surface area contributed by atoms with Gasteiger partial charge in [0.15, 0.2) is 5.82 Å². The van der Waals surface area contributed by atoms with Crippen molar-refractivity contribution in [2.24, 2.45) is 0 Å².